The standard InChI is InChI=1S/C11H16BrN3/c1-3-8(2)6-11(15-13)10-5-4-9(12)7-14-10/h4-5,7-8H,3,6,13H2,1-2H3/b15-11+/t8-/m0/s1. The molecular formula is C11H16BrN3. The molecule has 15 heavy (non-hydrogen) atoms. The van der Waals surface area contributed by atoms with E-state index in [-0.39, 0.29) is 0 Å². The molecule has 0 saturated carbocycles. The Hall–Kier alpha value is -0.900. The van der Waals surface area contributed by atoms with Gasteiger partial charge in [0.1, 0.15) is 0 Å². The van der Waals surface area contributed by atoms with E-state index in [2.05, 4.69) is 39.9 Å². The molecule has 0 spiro atoms. The van der Waals surface area contributed by atoms with Crippen LogP contribution in [-0.4, -0.2) is 10.7 Å². The number of hydrogen-bond donors (Lipinski definition) is 1. The highest BCUT2D eigenvalue weighted by atomic mass is 79.9. The molecule has 0 saturated heterocycles. The van der Waals surface area contributed by atoms with E-state index in [1.165, 1.54) is 0 Å². The van der Waals surface area contributed by atoms with E-state index in [9.17, 15) is 0 Å². The molecule has 2 N–H and O–H groups in total. The van der Waals surface area contributed by atoms with Crippen LogP contribution in [0.2, 0.25) is 0 Å². The van der Waals surface area contributed by atoms with Gasteiger partial charge in [-0.3, -0.25) is 4.98 Å². The van der Waals surface area contributed by atoms with Gasteiger partial charge < -0.3 is 5.84 Å². The van der Waals surface area contributed by atoms with Crippen molar-refractivity contribution in [2.45, 2.75) is 26.7 Å². The normalized spacial score (nSPS) is 13.9. The maximum atomic E-state index is 5.38. The zero-order valence-electron chi connectivity index (χ0n) is 9.07. The van der Waals surface area contributed by atoms with Crippen LogP contribution >= 0.6 is 15.9 Å². The lowest BCUT2D eigenvalue weighted by Crippen LogP contribution is -2.10. The van der Waals surface area contributed by atoms with Crippen LogP contribution < -0.4 is 5.84 Å². The number of nitrogens with two attached hydrogens (primary N) is 1. The van der Waals surface area contributed by atoms with Crippen LogP contribution in [0.3, 0.4) is 0 Å². The number of pyridine rings is 1. The third kappa shape index (κ3) is 3.63. The monoisotopic (exact) mass is 269 g/mol. The van der Waals surface area contributed by atoms with Crippen LogP contribution in [0.5, 0.6) is 0 Å². The molecule has 1 aromatic rings. The van der Waals surface area contributed by atoms with Gasteiger partial charge in [-0.15, -0.1) is 0 Å². The molecule has 0 radical (unpaired) electrons. The van der Waals surface area contributed by atoms with Gasteiger partial charge in [-0.1, -0.05) is 20.3 Å². The summed E-state index contributed by atoms with van der Waals surface area (Å²) in [7, 11) is 0. The highest BCUT2D eigenvalue weighted by Crippen LogP contribution is 2.13. The molecule has 0 aliphatic carbocycles. The van der Waals surface area contributed by atoms with E-state index in [1.807, 2.05) is 12.1 Å². The molecule has 1 atom stereocenters. The topological polar surface area (TPSA) is 51.3 Å². The number of nitrogens with zero attached hydrogens (tertiary/aromatic N) is 2. The predicted molar refractivity (Wildman–Crippen MR) is 66.7 cm³/mol. The first-order valence-electron chi connectivity index (χ1n) is 5.06. The van der Waals surface area contributed by atoms with E-state index < -0.39 is 0 Å². The van der Waals surface area contributed by atoms with Crippen molar-refractivity contribution in [2.75, 3.05) is 0 Å². The van der Waals surface area contributed by atoms with Crippen molar-refractivity contribution in [3.05, 3.63) is 28.5 Å². The lowest BCUT2D eigenvalue weighted by atomic mass is 10.00. The maximum Gasteiger partial charge on any atom is 0.0863 e. The van der Waals surface area contributed by atoms with Gasteiger partial charge in [0.15, 0.2) is 0 Å². The maximum absolute atomic E-state index is 5.38. The Labute approximate surface area is 98.9 Å². The van der Waals surface area contributed by atoms with Gasteiger partial charge >= 0.3 is 0 Å². The third-order valence-electron chi connectivity index (χ3n) is 2.42. The van der Waals surface area contributed by atoms with Crippen LogP contribution in [-0.2, 0) is 0 Å². The molecule has 0 amide bonds. The predicted octanol–water partition coefficient (Wildman–Crippen LogP) is 2.94. The lowest BCUT2D eigenvalue weighted by Gasteiger charge is -2.09. The number of halogens is 1. The number of rotatable bonds is 4. The average molecular weight is 270 g/mol. The summed E-state index contributed by atoms with van der Waals surface area (Å²) in [6, 6.07) is 3.88. The Kier molecular flexibility index (Phi) is 4.75. The second-order valence-electron chi connectivity index (χ2n) is 3.65. The molecule has 0 aliphatic rings. The van der Waals surface area contributed by atoms with Gasteiger partial charge in [-0.25, -0.2) is 0 Å². The number of aromatic nitrogens is 1. The van der Waals surface area contributed by atoms with Gasteiger partial charge in [0.25, 0.3) is 0 Å². The molecule has 0 fully saturated rings. The summed E-state index contributed by atoms with van der Waals surface area (Å²) in [6.07, 6.45) is 3.76. The highest BCUT2D eigenvalue weighted by molar-refractivity contribution is 9.10. The van der Waals surface area contributed by atoms with Gasteiger partial charge in [-0.2, -0.15) is 5.10 Å². The number of hydrogen-bond acceptors (Lipinski definition) is 3. The average Bonchev–Trinajstić information content (AvgIpc) is 2.27. The van der Waals surface area contributed by atoms with Crippen molar-refractivity contribution in [1.82, 2.24) is 4.98 Å². The Balaban J connectivity index is 2.80. The van der Waals surface area contributed by atoms with Gasteiger partial charge in [0.05, 0.1) is 11.4 Å². The van der Waals surface area contributed by atoms with E-state index in [0.29, 0.717) is 5.92 Å². The summed E-state index contributed by atoms with van der Waals surface area (Å²) in [5, 5.41) is 3.81. The zero-order valence-corrected chi connectivity index (χ0v) is 10.7. The quantitative estimate of drug-likeness (QED) is 0.519. The van der Waals surface area contributed by atoms with Crippen molar-refractivity contribution in [1.29, 1.82) is 0 Å². The SMILES string of the molecule is CC[C@H](C)C/C(=N\N)c1ccc(Br)cn1. The minimum Gasteiger partial charge on any atom is -0.323 e. The summed E-state index contributed by atoms with van der Waals surface area (Å²) in [5.41, 5.74) is 1.73. The molecule has 0 bridgehead atoms. The van der Waals surface area contributed by atoms with E-state index in [4.69, 9.17) is 5.84 Å². The van der Waals surface area contributed by atoms with Crippen molar-refractivity contribution in [3.63, 3.8) is 0 Å². The second-order valence-corrected chi connectivity index (χ2v) is 4.57. The van der Waals surface area contributed by atoms with Crippen molar-refractivity contribution >= 4 is 21.6 Å². The van der Waals surface area contributed by atoms with Gasteiger partial charge in [-0.05, 0) is 40.4 Å². The molecule has 0 aromatic carbocycles. The summed E-state index contributed by atoms with van der Waals surface area (Å²) < 4.78 is 0.964. The summed E-state index contributed by atoms with van der Waals surface area (Å²) >= 11 is 3.35. The molecule has 1 rings (SSSR count). The smallest absolute Gasteiger partial charge is 0.0863 e. The van der Waals surface area contributed by atoms with Crippen LogP contribution in [0, 0.1) is 5.92 Å². The molecule has 3 nitrogen and oxygen atoms in total. The van der Waals surface area contributed by atoms with E-state index >= 15 is 0 Å². The van der Waals surface area contributed by atoms with E-state index in [1.54, 1.807) is 6.20 Å². The first kappa shape index (κ1) is 12.2. The highest BCUT2D eigenvalue weighted by Gasteiger charge is 2.09. The molecule has 1 aromatic heterocycles. The fraction of sp³-hybridized carbons (Fsp3) is 0.455. The fourth-order valence-electron chi connectivity index (χ4n) is 1.24. The van der Waals surface area contributed by atoms with Crippen molar-refractivity contribution in [2.24, 2.45) is 16.9 Å². The third-order valence-corrected chi connectivity index (χ3v) is 2.89. The minimum atomic E-state index is 0.581. The summed E-state index contributed by atoms with van der Waals surface area (Å²) in [4.78, 5) is 4.28. The van der Waals surface area contributed by atoms with Crippen molar-refractivity contribution in [3.8, 4) is 0 Å². The van der Waals surface area contributed by atoms with Crippen LogP contribution in [0.4, 0.5) is 0 Å². The van der Waals surface area contributed by atoms with E-state index in [0.717, 1.165) is 28.7 Å². The zero-order chi connectivity index (χ0) is 11.3. The Bertz CT molecular complexity index is 332. The lowest BCUT2D eigenvalue weighted by molar-refractivity contribution is 0.586. The molecule has 4 heteroatoms. The van der Waals surface area contributed by atoms with Crippen LogP contribution in [0.1, 0.15) is 32.4 Å². The summed E-state index contributed by atoms with van der Waals surface area (Å²) in [6.45, 7) is 4.35. The summed E-state index contributed by atoms with van der Waals surface area (Å²) in [5.74, 6) is 5.96. The Morgan fingerprint density at radius 3 is 2.80 bits per heavy atom. The molecule has 0 aliphatic heterocycles. The van der Waals surface area contributed by atoms with Crippen LogP contribution in [0.15, 0.2) is 27.9 Å². The Morgan fingerprint density at radius 1 is 1.60 bits per heavy atom. The largest absolute Gasteiger partial charge is 0.323 e. The molecule has 1 heterocycles. The van der Waals surface area contributed by atoms with Gasteiger partial charge in [0, 0.05) is 10.7 Å². The minimum absolute atomic E-state index is 0.581. The van der Waals surface area contributed by atoms with Crippen LogP contribution in [0.25, 0.3) is 0 Å². The fourth-order valence-corrected chi connectivity index (χ4v) is 1.48. The number of hydrazone groups is 1. The Morgan fingerprint density at radius 2 is 2.33 bits per heavy atom. The second kappa shape index (κ2) is 5.85. The van der Waals surface area contributed by atoms with Gasteiger partial charge in [0.2, 0.25) is 0 Å². The molecule has 82 valence electrons. The molecular weight excluding hydrogens is 254 g/mol. The molecule has 0 unspecified atom stereocenters. The van der Waals surface area contributed by atoms with Crippen molar-refractivity contribution < 1.29 is 0 Å². The first-order valence-corrected chi connectivity index (χ1v) is 5.85. The first-order chi connectivity index (χ1) is 7.17.